The van der Waals surface area contributed by atoms with Crippen LogP contribution in [0.25, 0.3) is 0 Å². The minimum atomic E-state index is -0.228. The Balaban J connectivity index is 1.99. The lowest BCUT2D eigenvalue weighted by Crippen LogP contribution is -2.59. The molecule has 0 aromatic carbocycles. The Hall–Kier alpha value is -0.540. The molecule has 1 fully saturated rings. The highest BCUT2D eigenvalue weighted by molar-refractivity contribution is 14.1. The van der Waals surface area contributed by atoms with Crippen molar-refractivity contribution in [3.05, 3.63) is 16.0 Å². The van der Waals surface area contributed by atoms with Crippen LogP contribution in [0.5, 0.6) is 0 Å². The fraction of sp³-hybridized carbons (Fsp3) is 0.583. The molecule has 0 aliphatic carbocycles. The topological polar surface area (TPSA) is 58.3 Å². The predicted molar refractivity (Wildman–Crippen MR) is 89.4 cm³/mol. The fourth-order valence-electron chi connectivity index (χ4n) is 2.09. The molecular weight excluding hydrogens is 373 g/mol. The Kier molecular flexibility index (Phi) is 4.57. The third-order valence-corrected chi connectivity index (χ3v) is 4.62. The predicted octanol–water partition coefficient (Wildman–Crippen LogP) is 1.27. The second-order valence-electron chi connectivity index (χ2n) is 5.10. The van der Waals surface area contributed by atoms with Crippen LogP contribution in [0.4, 0.5) is 5.95 Å². The van der Waals surface area contributed by atoms with Crippen LogP contribution < -0.4 is 10.6 Å². The van der Waals surface area contributed by atoms with E-state index in [0.29, 0.717) is 4.99 Å². The van der Waals surface area contributed by atoms with Crippen molar-refractivity contribution in [3.8, 4) is 0 Å². The van der Waals surface area contributed by atoms with E-state index < -0.39 is 0 Å². The smallest absolute Gasteiger partial charge is 0.225 e. The molecule has 0 spiro atoms. The van der Waals surface area contributed by atoms with E-state index in [1.807, 2.05) is 12.4 Å². The second-order valence-corrected chi connectivity index (χ2v) is 6.78. The summed E-state index contributed by atoms with van der Waals surface area (Å²) >= 11 is 7.35. The van der Waals surface area contributed by atoms with Gasteiger partial charge in [-0.1, -0.05) is 12.2 Å². The number of hydrogen-bond donors (Lipinski definition) is 1. The zero-order chi connectivity index (χ0) is 14.0. The Morgan fingerprint density at radius 1 is 1.26 bits per heavy atom. The number of hydrogen-bond acceptors (Lipinski definition) is 5. The highest BCUT2D eigenvalue weighted by Crippen LogP contribution is 2.19. The molecule has 5 nitrogen and oxygen atoms in total. The molecule has 2 rings (SSSR count). The zero-order valence-corrected chi connectivity index (χ0v) is 14.1. The average Bonchev–Trinajstić information content (AvgIpc) is 2.39. The summed E-state index contributed by atoms with van der Waals surface area (Å²) in [4.78, 5) is 13.8. The van der Waals surface area contributed by atoms with Gasteiger partial charge in [-0.05, 0) is 36.4 Å². The average molecular weight is 391 g/mol. The molecule has 104 valence electrons. The van der Waals surface area contributed by atoms with Crippen LogP contribution in [-0.2, 0) is 0 Å². The molecule has 7 heteroatoms. The summed E-state index contributed by atoms with van der Waals surface area (Å²) in [6.45, 7) is 7.78. The van der Waals surface area contributed by atoms with Crippen LogP contribution in [0.2, 0.25) is 0 Å². The molecule has 1 aliphatic heterocycles. The summed E-state index contributed by atoms with van der Waals surface area (Å²) in [6.07, 6.45) is 3.68. The standard InChI is InChI=1S/C12H18IN5S/c1-12(2,10(14)19)18-5-3-17(4-6-18)11-15-7-9(13)8-16-11/h7-8H,3-6H2,1-2H3,(H2,14,19). The van der Waals surface area contributed by atoms with Crippen molar-refractivity contribution in [2.45, 2.75) is 19.4 Å². The van der Waals surface area contributed by atoms with Crippen molar-refractivity contribution in [1.82, 2.24) is 14.9 Å². The highest BCUT2D eigenvalue weighted by Gasteiger charge is 2.32. The van der Waals surface area contributed by atoms with Crippen LogP contribution in [0.15, 0.2) is 12.4 Å². The molecule has 1 aromatic rings. The van der Waals surface area contributed by atoms with Gasteiger partial charge in [0.1, 0.15) is 0 Å². The first-order chi connectivity index (χ1) is 8.91. The third-order valence-electron chi connectivity index (χ3n) is 3.56. The summed E-state index contributed by atoms with van der Waals surface area (Å²) in [7, 11) is 0. The third kappa shape index (κ3) is 3.32. The van der Waals surface area contributed by atoms with Crippen LogP contribution in [-0.4, -0.2) is 51.6 Å². The molecule has 0 saturated carbocycles. The van der Waals surface area contributed by atoms with Gasteiger partial charge >= 0.3 is 0 Å². The zero-order valence-electron chi connectivity index (χ0n) is 11.1. The molecule has 1 aliphatic rings. The minimum absolute atomic E-state index is 0.228. The maximum atomic E-state index is 5.81. The molecule has 0 unspecified atom stereocenters. The lowest BCUT2D eigenvalue weighted by Gasteiger charge is -2.43. The van der Waals surface area contributed by atoms with Gasteiger partial charge in [0, 0.05) is 42.1 Å². The van der Waals surface area contributed by atoms with E-state index >= 15 is 0 Å². The first kappa shape index (κ1) is 14.9. The molecule has 0 amide bonds. The Morgan fingerprint density at radius 2 is 1.79 bits per heavy atom. The quantitative estimate of drug-likeness (QED) is 0.619. The number of anilines is 1. The monoisotopic (exact) mass is 391 g/mol. The van der Waals surface area contributed by atoms with Crippen molar-refractivity contribution in [2.24, 2.45) is 5.73 Å². The van der Waals surface area contributed by atoms with Crippen molar-refractivity contribution >= 4 is 45.7 Å². The SMILES string of the molecule is CC(C)(C(N)=S)N1CCN(c2ncc(I)cn2)CC1. The van der Waals surface area contributed by atoms with Crippen molar-refractivity contribution in [2.75, 3.05) is 31.1 Å². The van der Waals surface area contributed by atoms with Crippen molar-refractivity contribution in [3.63, 3.8) is 0 Å². The van der Waals surface area contributed by atoms with Crippen LogP contribution in [0.1, 0.15) is 13.8 Å². The van der Waals surface area contributed by atoms with E-state index in [1.165, 1.54) is 0 Å². The van der Waals surface area contributed by atoms with Crippen LogP contribution >= 0.6 is 34.8 Å². The number of rotatable bonds is 3. The van der Waals surface area contributed by atoms with E-state index in [2.05, 4.69) is 56.2 Å². The van der Waals surface area contributed by atoms with E-state index in [9.17, 15) is 0 Å². The maximum absolute atomic E-state index is 5.81. The minimum Gasteiger partial charge on any atom is -0.392 e. The molecule has 1 saturated heterocycles. The number of halogens is 1. The number of nitrogens with zero attached hydrogens (tertiary/aromatic N) is 4. The van der Waals surface area contributed by atoms with E-state index in [-0.39, 0.29) is 5.54 Å². The largest absolute Gasteiger partial charge is 0.392 e. The fourth-order valence-corrected chi connectivity index (χ4v) is 2.50. The normalized spacial score (nSPS) is 17.5. The Labute approximate surface area is 132 Å². The molecule has 19 heavy (non-hydrogen) atoms. The van der Waals surface area contributed by atoms with Gasteiger partial charge < -0.3 is 10.6 Å². The summed E-state index contributed by atoms with van der Waals surface area (Å²) in [5, 5.41) is 0. The van der Waals surface area contributed by atoms with E-state index in [0.717, 1.165) is 35.7 Å². The van der Waals surface area contributed by atoms with Gasteiger partial charge in [0.15, 0.2) is 0 Å². The van der Waals surface area contributed by atoms with Crippen LogP contribution in [0.3, 0.4) is 0 Å². The molecule has 2 heterocycles. The van der Waals surface area contributed by atoms with Gasteiger partial charge in [-0.15, -0.1) is 0 Å². The lowest BCUT2D eigenvalue weighted by molar-refractivity contribution is 0.167. The Morgan fingerprint density at radius 3 is 2.26 bits per heavy atom. The van der Waals surface area contributed by atoms with Gasteiger partial charge in [-0.2, -0.15) is 0 Å². The van der Waals surface area contributed by atoms with Crippen LogP contribution in [0, 0.1) is 3.57 Å². The van der Waals surface area contributed by atoms with Crippen molar-refractivity contribution in [1.29, 1.82) is 0 Å². The van der Waals surface area contributed by atoms with E-state index in [4.69, 9.17) is 18.0 Å². The van der Waals surface area contributed by atoms with Gasteiger partial charge in [0.25, 0.3) is 0 Å². The molecular formula is C12H18IN5S. The Bertz CT molecular complexity index is 454. The molecule has 0 atom stereocenters. The number of aromatic nitrogens is 2. The van der Waals surface area contributed by atoms with Crippen molar-refractivity contribution < 1.29 is 0 Å². The maximum Gasteiger partial charge on any atom is 0.225 e. The lowest BCUT2D eigenvalue weighted by atomic mass is 10.0. The number of nitrogens with two attached hydrogens (primary N) is 1. The summed E-state index contributed by atoms with van der Waals surface area (Å²) in [6, 6.07) is 0. The van der Waals surface area contributed by atoms with Gasteiger partial charge in [0.05, 0.1) is 10.5 Å². The molecule has 1 aromatic heterocycles. The molecule has 0 radical (unpaired) electrons. The van der Waals surface area contributed by atoms with Gasteiger partial charge in [0.2, 0.25) is 5.95 Å². The number of piperazine rings is 1. The first-order valence-corrected chi connectivity index (χ1v) is 7.67. The summed E-state index contributed by atoms with van der Waals surface area (Å²) in [5.41, 5.74) is 5.59. The summed E-state index contributed by atoms with van der Waals surface area (Å²) < 4.78 is 1.05. The highest BCUT2D eigenvalue weighted by atomic mass is 127. The molecule has 2 N–H and O–H groups in total. The van der Waals surface area contributed by atoms with E-state index in [1.54, 1.807) is 0 Å². The first-order valence-electron chi connectivity index (χ1n) is 6.18. The number of thiocarbonyl (C=S) groups is 1. The van der Waals surface area contributed by atoms with Gasteiger partial charge in [-0.3, -0.25) is 4.90 Å². The molecule has 0 bridgehead atoms. The summed E-state index contributed by atoms with van der Waals surface area (Å²) in [5.74, 6) is 0.799. The second kappa shape index (κ2) is 5.84. The van der Waals surface area contributed by atoms with Gasteiger partial charge in [-0.25, -0.2) is 9.97 Å².